The minimum absolute atomic E-state index is 0.0645. The van der Waals surface area contributed by atoms with Gasteiger partial charge in [-0.05, 0) is 31.4 Å². The molecule has 0 aliphatic rings. The highest BCUT2D eigenvalue weighted by Gasteiger charge is 2.24. The molecular formula is C14H19N5O2. The van der Waals surface area contributed by atoms with Crippen molar-refractivity contribution >= 4 is 11.5 Å². The Morgan fingerprint density at radius 3 is 2.90 bits per heavy atom. The van der Waals surface area contributed by atoms with E-state index in [2.05, 4.69) is 15.4 Å². The summed E-state index contributed by atoms with van der Waals surface area (Å²) < 4.78 is 1.68. The van der Waals surface area contributed by atoms with Crippen LogP contribution in [0.5, 0.6) is 0 Å². The summed E-state index contributed by atoms with van der Waals surface area (Å²) in [5, 5.41) is 18.6. The molecule has 7 nitrogen and oxygen atoms in total. The van der Waals surface area contributed by atoms with Gasteiger partial charge < -0.3 is 5.32 Å². The molecular weight excluding hydrogens is 270 g/mol. The maximum atomic E-state index is 11.2. The molecule has 21 heavy (non-hydrogen) atoms. The molecule has 0 aliphatic heterocycles. The minimum Gasteiger partial charge on any atom is -0.364 e. The van der Waals surface area contributed by atoms with Gasteiger partial charge in [0.25, 0.3) is 0 Å². The first kappa shape index (κ1) is 15.0. The monoisotopic (exact) mass is 289 g/mol. The van der Waals surface area contributed by atoms with E-state index in [0.717, 1.165) is 18.4 Å². The molecule has 0 fully saturated rings. The summed E-state index contributed by atoms with van der Waals surface area (Å²) in [6.07, 6.45) is 5.14. The first-order valence-corrected chi connectivity index (χ1v) is 6.98. The van der Waals surface area contributed by atoms with E-state index in [4.69, 9.17) is 0 Å². The number of nitro groups is 1. The number of aromatic nitrogens is 3. The van der Waals surface area contributed by atoms with E-state index >= 15 is 0 Å². The fraction of sp³-hybridized carbons (Fsp3) is 0.429. The van der Waals surface area contributed by atoms with Crippen LogP contribution in [0.3, 0.4) is 0 Å². The van der Waals surface area contributed by atoms with Gasteiger partial charge in [-0.2, -0.15) is 5.10 Å². The predicted molar refractivity (Wildman–Crippen MR) is 80.3 cm³/mol. The van der Waals surface area contributed by atoms with Crippen molar-refractivity contribution in [2.24, 2.45) is 0 Å². The molecule has 2 aromatic heterocycles. The quantitative estimate of drug-likeness (QED) is 0.625. The van der Waals surface area contributed by atoms with Crippen molar-refractivity contribution in [3.8, 4) is 0 Å². The third-order valence-electron chi connectivity index (χ3n) is 3.14. The van der Waals surface area contributed by atoms with Gasteiger partial charge in [-0.25, -0.2) is 4.68 Å². The summed E-state index contributed by atoms with van der Waals surface area (Å²) in [5.74, 6) is 0.489. The van der Waals surface area contributed by atoms with Crippen LogP contribution in [0.4, 0.5) is 11.5 Å². The number of aryl methyl sites for hydroxylation is 2. The summed E-state index contributed by atoms with van der Waals surface area (Å²) in [4.78, 5) is 14.9. The molecule has 7 heteroatoms. The van der Waals surface area contributed by atoms with Crippen LogP contribution in [-0.2, 0) is 13.0 Å². The zero-order valence-electron chi connectivity index (χ0n) is 12.2. The van der Waals surface area contributed by atoms with Crippen LogP contribution < -0.4 is 5.32 Å². The van der Waals surface area contributed by atoms with Crippen molar-refractivity contribution in [3.05, 3.63) is 45.9 Å². The van der Waals surface area contributed by atoms with Crippen LogP contribution in [0, 0.1) is 17.0 Å². The molecule has 0 bridgehead atoms. The van der Waals surface area contributed by atoms with Crippen LogP contribution in [0.2, 0.25) is 0 Å². The number of nitrogens with one attached hydrogen (secondary N) is 1. The van der Waals surface area contributed by atoms with Crippen molar-refractivity contribution in [3.63, 3.8) is 0 Å². The van der Waals surface area contributed by atoms with Gasteiger partial charge in [0.15, 0.2) is 0 Å². The third-order valence-corrected chi connectivity index (χ3v) is 3.14. The maximum absolute atomic E-state index is 11.2. The molecule has 0 aliphatic carbocycles. The Morgan fingerprint density at radius 1 is 1.48 bits per heavy atom. The Labute approximate surface area is 123 Å². The first-order chi connectivity index (χ1) is 10.1. The lowest BCUT2D eigenvalue weighted by molar-refractivity contribution is -0.384. The van der Waals surface area contributed by atoms with Crippen LogP contribution >= 0.6 is 0 Å². The van der Waals surface area contributed by atoms with E-state index in [1.807, 2.05) is 19.1 Å². The number of hydrogen-bond donors (Lipinski definition) is 1. The number of nitrogens with zero attached hydrogens (tertiary/aromatic N) is 4. The minimum atomic E-state index is -0.374. The van der Waals surface area contributed by atoms with Crippen LogP contribution in [0.1, 0.15) is 24.6 Å². The molecule has 0 radical (unpaired) electrons. The highest BCUT2D eigenvalue weighted by molar-refractivity contribution is 5.59. The Morgan fingerprint density at radius 2 is 2.29 bits per heavy atom. The molecule has 0 atom stereocenters. The second-order valence-corrected chi connectivity index (χ2v) is 4.80. The number of rotatable bonds is 7. The Kier molecular flexibility index (Phi) is 4.86. The molecule has 0 saturated carbocycles. The number of anilines is 1. The SMILES string of the molecule is CCCn1nc(C)c([N+](=O)[O-])c1NCCc1cccnc1. The van der Waals surface area contributed by atoms with Gasteiger partial charge in [0.05, 0.1) is 4.92 Å². The molecule has 0 unspecified atom stereocenters. The standard InChI is InChI=1S/C14H19N5O2/c1-3-9-18-14(13(19(20)21)11(2)17-18)16-8-6-12-5-4-7-15-10-12/h4-5,7,10,16H,3,6,8-9H2,1-2H3. The molecule has 0 amide bonds. The van der Waals surface area contributed by atoms with E-state index < -0.39 is 0 Å². The Hall–Kier alpha value is -2.44. The largest absolute Gasteiger partial charge is 0.364 e. The van der Waals surface area contributed by atoms with Gasteiger partial charge >= 0.3 is 5.69 Å². The molecule has 2 rings (SSSR count). The van der Waals surface area contributed by atoms with E-state index in [-0.39, 0.29) is 10.6 Å². The normalized spacial score (nSPS) is 10.6. The van der Waals surface area contributed by atoms with E-state index in [0.29, 0.717) is 24.6 Å². The lowest BCUT2D eigenvalue weighted by Gasteiger charge is -2.08. The fourth-order valence-corrected chi connectivity index (χ4v) is 2.21. The first-order valence-electron chi connectivity index (χ1n) is 6.98. The highest BCUT2D eigenvalue weighted by atomic mass is 16.6. The summed E-state index contributed by atoms with van der Waals surface area (Å²) in [5.41, 5.74) is 1.60. The van der Waals surface area contributed by atoms with E-state index in [1.165, 1.54) is 0 Å². The van der Waals surface area contributed by atoms with Crippen LogP contribution in [0.25, 0.3) is 0 Å². The molecule has 1 N–H and O–H groups in total. The van der Waals surface area contributed by atoms with E-state index in [9.17, 15) is 10.1 Å². The van der Waals surface area contributed by atoms with Crippen LogP contribution in [-0.4, -0.2) is 26.2 Å². The van der Waals surface area contributed by atoms with Gasteiger partial charge in [-0.1, -0.05) is 13.0 Å². The van der Waals surface area contributed by atoms with Gasteiger partial charge in [0.2, 0.25) is 5.82 Å². The van der Waals surface area contributed by atoms with Crippen molar-refractivity contribution in [2.75, 3.05) is 11.9 Å². The smallest absolute Gasteiger partial charge is 0.333 e. The lowest BCUT2D eigenvalue weighted by Crippen LogP contribution is -2.12. The lowest BCUT2D eigenvalue weighted by atomic mass is 10.2. The van der Waals surface area contributed by atoms with E-state index in [1.54, 1.807) is 24.0 Å². The third kappa shape index (κ3) is 3.56. The summed E-state index contributed by atoms with van der Waals surface area (Å²) in [7, 11) is 0. The summed E-state index contributed by atoms with van der Waals surface area (Å²) in [6.45, 7) is 4.93. The van der Waals surface area contributed by atoms with Crippen molar-refractivity contribution in [2.45, 2.75) is 33.2 Å². The second-order valence-electron chi connectivity index (χ2n) is 4.80. The van der Waals surface area contributed by atoms with Gasteiger partial charge in [-0.3, -0.25) is 15.1 Å². The predicted octanol–water partition coefficient (Wildman–Crippen LogP) is 2.56. The topological polar surface area (TPSA) is 85.9 Å². The average Bonchev–Trinajstić information content (AvgIpc) is 2.76. The van der Waals surface area contributed by atoms with Crippen LogP contribution in [0.15, 0.2) is 24.5 Å². The van der Waals surface area contributed by atoms with Gasteiger partial charge in [0.1, 0.15) is 5.69 Å². The summed E-state index contributed by atoms with van der Waals surface area (Å²) in [6, 6.07) is 3.86. The summed E-state index contributed by atoms with van der Waals surface area (Å²) >= 11 is 0. The van der Waals surface area contributed by atoms with Gasteiger partial charge in [0, 0.05) is 25.5 Å². The Balaban J connectivity index is 2.12. The zero-order chi connectivity index (χ0) is 15.2. The van der Waals surface area contributed by atoms with Crippen molar-refractivity contribution in [1.82, 2.24) is 14.8 Å². The molecule has 0 saturated heterocycles. The second kappa shape index (κ2) is 6.83. The van der Waals surface area contributed by atoms with Gasteiger partial charge in [-0.15, -0.1) is 0 Å². The molecule has 0 aromatic carbocycles. The number of pyridine rings is 1. The van der Waals surface area contributed by atoms with Crippen molar-refractivity contribution < 1.29 is 4.92 Å². The molecule has 0 spiro atoms. The molecule has 2 aromatic rings. The highest BCUT2D eigenvalue weighted by Crippen LogP contribution is 2.28. The fourth-order valence-electron chi connectivity index (χ4n) is 2.21. The Bertz CT molecular complexity index is 609. The molecule has 2 heterocycles. The van der Waals surface area contributed by atoms with Crippen molar-refractivity contribution in [1.29, 1.82) is 0 Å². The average molecular weight is 289 g/mol. The maximum Gasteiger partial charge on any atom is 0.333 e. The molecule has 112 valence electrons. The number of hydrogen-bond acceptors (Lipinski definition) is 5. The zero-order valence-corrected chi connectivity index (χ0v) is 12.2.